The van der Waals surface area contributed by atoms with Crippen LogP contribution in [0.2, 0.25) is 0 Å². The molecular weight excluding hydrogens is 327 g/mol. The van der Waals surface area contributed by atoms with Gasteiger partial charge in [0, 0.05) is 16.9 Å². The van der Waals surface area contributed by atoms with Gasteiger partial charge >= 0.3 is 0 Å². The number of thiophene rings is 1. The van der Waals surface area contributed by atoms with Crippen molar-refractivity contribution in [3.63, 3.8) is 0 Å². The minimum Gasteiger partial charge on any atom is -0.496 e. The lowest BCUT2D eigenvalue weighted by Crippen LogP contribution is -2.26. The summed E-state index contributed by atoms with van der Waals surface area (Å²) in [6.07, 6.45) is 0.422. The van der Waals surface area contributed by atoms with Gasteiger partial charge in [-0.1, -0.05) is 18.2 Å². The summed E-state index contributed by atoms with van der Waals surface area (Å²) in [6, 6.07) is 7.60. The fourth-order valence-corrected chi connectivity index (χ4v) is 3.88. The molecule has 0 amide bonds. The zero-order chi connectivity index (χ0) is 17.3. The van der Waals surface area contributed by atoms with Crippen LogP contribution in [0.3, 0.4) is 0 Å². The molecule has 0 atom stereocenters. The first-order valence-electron chi connectivity index (χ1n) is 7.74. The van der Waals surface area contributed by atoms with Crippen LogP contribution in [0.5, 0.6) is 5.75 Å². The number of hydrogen-bond acceptors (Lipinski definition) is 4. The molecule has 0 fully saturated rings. The molecule has 3 aromatic rings. The third-order valence-electron chi connectivity index (χ3n) is 4.22. The minimum atomic E-state index is -0.603. The van der Waals surface area contributed by atoms with Gasteiger partial charge in [-0.25, -0.2) is 9.37 Å². The van der Waals surface area contributed by atoms with E-state index in [1.54, 1.807) is 7.11 Å². The lowest BCUT2D eigenvalue weighted by Gasteiger charge is -2.13. The Morgan fingerprint density at radius 2 is 2.04 bits per heavy atom. The second-order valence-corrected chi connectivity index (χ2v) is 6.83. The molecular formula is C18H19FN2O2S. The number of rotatable bonds is 5. The fourth-order valence-electron chi connectivity index (χ4n) is 2.84. The predicted molar refractivity (Wildman–Crippen MR) is 95.1 cm³/mol. The Labute approximate surface area is 143 Å². The topological polar surface area (TPSA) is 44.1 Å². The van der Waals surface area contributed by atoms with Crippen LogP contribution in [-0.4, -0.2) is 23.3 Å². The van der Waals surface area contributed by atoms with Crippen molar-refractivity contribution in [2.24, 2.45) is 0 Å². The number of hydrogen-bond donors (Lipinski definition) is 0. The Kier molecular flexibility index (Phi) is 4.66. The monoisotopic (exact) mass is 346 g/mol. The number of halogens is 1. The van der Waals surface area contributed by atoms with Crippen molar-refractivity contribution in [2.45, 2.75) is 26.8 Å². The zero-order valence-electron chi connectivity index (χ0n) is 13.9. The van der Waals surface area contributed by atoms with E-state index in [2.05, 4.69) is 4.98 Å². The highest BCUT2D eigenvalue weighted by Crippen LogP contribution is 2.27. The number of aryl methyl sites for hydroxylation is 2. The second-order valence-electron chi connectivity index (χ2n) is 5.63. The zero-order valence-corrected chi connectivity index (χ0v) is 14.7. The average Bonchev–Trinajstić information content (AvgIpc) is 2.86. The molecule has 0 aliphatic rings. The molecule has 0 spiro atoms. The molecule has 2 heterocycles. The summed E-state index contributed by atoms with van der Waals surface area (Å²) in [5.74, 6) is 1.30. The van der Waals surface area contributed by atoms with Gasteiger partial charge in [0.2, 0.25) is 0 Å². The first-order chi connectivity index (χ1) is 11.6. The summed E-state index contributed by atoms with van der Waals surface area (Å²) >= 11 is 1.50. The maximum atomic E-state index is 13.0. The van der Waals surface area contributed by atoms with Gasteiger partial charge < -0.3 is 4.74 Å². The highest BCUT2D eigenvalue weighted by Gasteiger charge is 2.17. The number of benzene rings is 1. The number of nitrogens with zero attached hydrogens (tertiary/aromatic N) is 2. The number of ether oxygens (including phenoxy) is 1. The maximum Gasteiger partial charge on any atom is 0.262 e. The Bertz CT molecular complexity index is 946. The summed E-state index contributed by atoms with van der Waals surface area (Å²) in [7, 11) is 1.61. The number of para-hydroxylation sites is 1. The molecule has 6 heteroatoms. The molecule has 0 saturated carbocycles. The first-order valence-corrected chi connectivity index (χ1v) is 8.55. The van der Waals surface area contributed by atoms with E-state index in [1.807, 2.05) is 38.1 Å². The van der Waals surface area contributed by atoms with Crippen LogP contribution in [0.25, 0.3) is 10.2 Å². The maximum absolute atomic E-state index is 13.0. The molecule has 3 rings (SSSR count). The van der Waals surface area contributed by atoms with Gasteiger partial charge in [0.15, 0.2) is 0 Å². The Morgan fingerprint density at radius 1 is 1.29 bits per heavy atom. The largest absolute Gasteiger partial charge is 0.496 e. The molecule has 0 N–H and O–H groups in total. The van der Waals surface area contributed by atoms with Crippen LogP contribution < -0.4 is 10.3 Å². The Morgan fingerprint density at radius 3 is 2.75 bits per heavy atom. The van der Waals surface area contributed by atoms with Crippen molar-refractivity contribution in [3.05, 3.63) is 56.4 Å². The third kappa shape index (κ3) is 2.82. The summed E-state index contributed by atoms with van der Waals surface area (Å²) in [5, 5.41) is 0.606. The normalized spacial score (nSPS) is 11.2. The van der Waals surface area contributed by atoms with Gasteiger partial charge in [-0.05, 0) is 25.5 Å². The van der Waals surface area contributed by atoms with E-state index in [1.165, 1.54) is 15.9 Å². The van der Waals surface area contributed by atoms with Crippen LogP contribution in [0.4, 0.5) is 4.39 Å². The Hall–Kier alpha value is -2.21. The highest BCUT2D eigenvalue weighted by molar-refractivity contribution is 7.18. The van der Waals surface area contributed by atoms with Crippen molar-refractivity contribution < 1.29 is 9.13 Å². The molecule has 0 radical (unpaired) electrons. The third-order valence-corrected chi connectivity index (χ3v) is 5.32. The van der Waals surface area contributed by atoms with Crippen molar-refractivity contribution in [3.8, 4) is 5.75 Å². The average molecular weight is 346 g/mol. The lowest BCUT2D eigenvalue weighted by molar-refractivity contribution is 0.408. The molecule has 0 bridgehead atoms. The molecule has 0 aliphatic heterocycles. The first kappa shape index (κ1) is 16.6. The quantitative estimate of drug-likeness (QED) is 0.708. The van der Waals surface area contributed by atoms with Gasteiger partial charge in [-0.2, -0.15) is 0 Å². The van der Waals surface area contributed by atoms with Crippen molar-refractivity contribution in [1.29, 1.82) is 0 Å². The second kappa shape index (κ2) is 6.73. The SMILES string of the molecule is COc1ccccc1Cc1nc2sc(C)c(C)c2c(=O)n1CCF. The van der Waals surface area contributed by atoms with Crippen LogP contribution in [-0.2, 0) is 13.0 Å². The standard InChI is InChI=1S/C18H19FN2O2S/c1-11-12(2)24-17-16(11)18(22)21(9-8-19)15(20-17)10-13-6-4-5-7-14(13)23-3/h4-7H,8-10H2,1-3H3. The lowest BCUT2D eigenvalue weighted by atomic mass is 10.1. The van der Waals surface area contributed by atoms with Gasteiger partial charge in [-0.15, -0.1) is 11.3 Å². The van der Waals surface area contributed by atoms with E-state index in [9.17, 15) is 9.18 Å². The van der Waals surface area contributed by atoms with E-state index >= 15 is 0 Å². The summed E-state index contributed by atoms with van der Waals surface area (Å²) in [4.78, 5) is 19.3. The van der Waals surface area contributed by atoms with E-state index in [-0.39, 0.29) is 12.1 Å². The number of aromatic nitrogens is 2. The highest BCUT2D eigenvalue weighted by atomic mass is 32.1. The predicted octanol–water partition coefficient (Wildman–Crippen LogP) is 3.64. The van der Waals surface area contributed by atoms with Crippen molar-refractivity contribution in [1.82, 2.24) is 9.55 Å². The molecule has 2 aromatic heterocycles. The van der Waals surface area contributed by atoms with Crippen molar-refractivity contribution >= 4 is 21.6 Å². The summed E-state index contributed by atoms with van der Waals surface area (Å²) in [5.41, 5.74) is 1.69. The van der Waals surface area contributed by atoms with Gasteiger partial charge in [0.25, 0.3) is 5.56 Å². The van der Waals surface area contributed by atoms with Crippen LogP contribution in [0.1, 0.15) is 21.8 Å². The van der Waals surface area contributed by atoms with Gasteiger partial charge in [0.05, 0.1) is 19.0 Å². The van der Waals surface area contributed by atoms with E-state index in [4.69, 9.17) is 4.74 Å². The van der Waals surface area contributed by atoms with E-state index in [0.29, 0.717) is 17.6 Å². The van der Waals surface area contributed by atoms with Crippen LogP contribution >= 0.6 is 11.3 Å². The summed E-state index contributed by atoms with van der Waals surface area (Å²) in [6.45, 7) is 3.30. The minimum absolute atomic E-state index is 0.0145. The molecule has 0 unspecified atom stereocenters. The molecule has 126 valence electrons. The van der Waals surface area contributed by atoms with Crippen LogP contribution in [0.15, 0.2) is 29.1 Å². The Balaban J connectivity index is 2.19. The van der Waals surface area contributed by atoms with Crippen molar-refractivity contribution in [2.75, 3.05) is 13.8 Å². The smallest absolute Gasteiger partial charge is 0.262 e. The van der Waals surface area contributed by atoms with Crippen LogP contribution in [0, 0.1) is 13.8 Å². The molecule has 24 heavy (non-hydrogen) atoms. The van der Waals surface area contributed by atoms with Gasteiger partial charge in [0.1, 0.15) is 23.1 Å². The molecule has 0 aliphatic carbocycles. The molecule has 1 aromatic carbocycles. The number of methoxy groups -OCH3 is 1. The fraction of sp³-hybridized carbons (Fsp3) is 0.333. The number of alkyl halides is 1. The van der Waals surface area contributed by atoms with Gasteiger partial charge in [-0.3, -0.25) is 9.36 Å². The number of fused-ring (bicyclic) bond motifs is 1. The summed E-state index contributed by atoms with van der Waals surface area (Å²) < 4.78 is 19.8. The molecule has 4 nitrogen and oxygen atoms in total. The van der Waals surface area contributed by atoms with E-state index in [0.717, 1.165) is 26.6 Å². The van der Waals surface area contributed by atoms with E-state index < -0.39 is 6.67 Å². The molecule has 0 saturated heterocycles.